The van der Waals surface area contributed by atoms with Crippen molar-refractivity contribution in [3.05, 3.63) is 18.2 Å². The van der Waals surface area contributed by atoms with Gasteiger partial charge in [0.1, 0.15) is 6.29 Å². The quantitative estimate of drug-likeness (QED) is 0.652. The number of rotatable bonds is 5. The van der Waals surface area contributed by atoms with Gasteiger partial charge in [-0.3, -0.25) is 4.79 Å². The van der Waals surface area contributed by atoms with Crippen LogP contribution in [-0.2, 0) is 16.0 Å². The van der Waals surface area contributed by atoms with Crippen molar-refractivity contribution in [1.82, 2.24) is 15.3 Å². The van der Waals surface area contributed by atoms with E-state index < -0.39 is 6.04 Å². The number of imidazole rings is 1. The molecule has 5 heteroatoms. The number of aromatic amines is 1. The number of nitrogens with one attached hydrogen (secondary N) is 2. The summed E-state index contributed by atoms with van der Waals surface area (Å²) in [6.45, 7) is 1.64. The lowest BCUT2D eigenvalue weighted by Crippen LogP contribution is -2.33. The van der Waals surface area contributed by atoms with Gasteiger partial charge in [-0.05, 0) is 13.3 Å². The van der Waals surface area contributed by atoms with Gasteiger partial charge in [0.2, 0.25) is 5.91 Å². The Hall–Kier alpha value is -1.65. The molecule has 0 aliphatic heterocycles. The third-order valence-corrected chi connectivity index (χ3v) is 1.76. The highest BCUT2D eigenvalue weighted by Gasteiger charge is 2.06. The van der Waals surface area contributed by atoms with Crippen molar-refractivity contribution < 1.29 is 9.59 Å². The summed E-state index contributed by atoms with van der Waals surface area (Å²) in [4.78, 5) is 28.2. The Bertz CT molecular complexity index is 295. The Kier molecular flexibility index (Phi) is 3.84. The fourth-order valence-corrected chi connectivity index (χ4v) is 1.03. The first-order chi connectivity index (χ1) is 6.72. The van der Waals surface area contributed by atoms with Gasteiger partial charge in [0.15, 0.2) is 0 Å². The number of aryl methyl sites for hydroxylation is 1. The summed E-state index contributed by atoms with van der Waals surface area (Å²) < 4.78 is 0. The number of hydrogen-bond donors (Lipinski definition) is 2. The molecule has 0 saturated carbocycles. The van der Waals surface area contributed by atoms with E-state index in [1.54, 1.807) is 19.4 Å². The van der Waals surface area contributed by atoms with Gasteiger partial charge in [0, 0.05) is 12.6 Å². The number of aromatic nitrogens is 2. The Labute approximate surface area is 81.9 Å². The standard InChI is InChI=1S/C9H13N3O2/c1-7(5-13)12-9(14)3-2-8-4-10-6-11-8/h4-7H,2-3H2,1H3,(H,10,11)(H,12,14)/t7-/m1/s1. The number of carbonyl (C=O) groups is 2. The molecule has 0 radical (unpaired) electrons. The topological polar surface area (TPSA) is 74.8 Å². The molecular formula is C9H13N3O2. The van der Waals surface area contributed by atoms with Crippen molar-refractivity contribution >= 4 is 12.2 Å². The van der Waals surface area contributed by atoms with Crippen molar-refractivity contribution in [2.45, 2.75) is 25.8 Å². The van der Waals surface area contributed by atoms with Crippen LogP contribution in [0.15, 0.2) is 12.5 Å². The molecule has 0 saturated heterocycles. The summed E-state index contributed by atoms with van der Waals surface area (Å²) >= 11 is 0. The van der Waals surface area contributed by atoms with Crippen LogP contribution in [0.25, 0.3) is 0 Å². The lowest BCUT2D eigenvalue weighted by atomic mass is 10.2. The van der Waals surface area contributed by atoms with Crippen LogP contribution >= 0.6 is 0 Å². The number of hydrogen-bond acceptors (Lipinski definition) is 3. The van der Waals surface area contributed by atoms with Gasteiger partial charge in [-0.1, -0.05) is 0 Å². The molecule has 14 heavy (non-hydrogen) atoms. The van der Waals surface area contributed by atoms with E-state index in [0.717, 1.165) is 5.69 Å². The van der Waals surface area contributed by atoms with Crippen molar-refractivity contribution in [3.63, 3.8) is 0 Å². The fraction of sp³-hybridized carbons (Fsp3) is 0.444. The molecule has 1 aromatic heterocycles. The van der Waals surface area contributed by atoms with Crippen molar-refractivity contribution in [1.29, 1.82) is 0 Å². The Morgan fingerprint density at radius 1 is 1.79 bits per heavy atom. The van der Waals surface area contributed by atoms with Crippen LogP contribution < -0.4 is 5.32 Å². The van der Waals surface area contributed by atoms with E-state index in [4.69, 9.17) is 0 Å². The van der Waals surface area contributed by atoms with Crippen LogP contribution in [0.5, 0.6) is 0 Å². The normalized spacial score (nSPS) is 12.1. The molecule has 5 nitrogen and oxygen atoms in total. The first-order valence-electron chi connectivity index (χ1n) is 4.44. The maximum Gasteiger partial charge on any atom is 0.220 e. The molecule has 0 aliphatic rings. The molecule has 1 amide bonds. The molecule has 0 fully saturated rings. The summed E-state index contributed by atoms with van der Waals surface area (Å²) in [5.74, 6) is -0.132. The minimum Gasteiger partial charge on any atom is -0.351 e. The molecule has 0 spiro atoms. The Morgan fingerprint density at radius 2 is 2.57 bits per heavy atom. The first-order valence-corrected chi connectivity index (χ1v) is 4.44. The van der Waals surface area contributed by atoms with Crippen LogP contribution in [0.1, 0.15) is 19.0 Å². The van der Waals surface area contributed by atoms with E-state index in [2.05, 4.69) is 15.3 Å². The molecule has 1 heterocycles. The first kappa shape index (κ1) is 10.4. The van der Waals surface area contributed by atoms with Crippen LogP contribution in [0, 0.1) is 0 Å². The summed E-state index contributed by atoms with van der Waals surface area (Å²) in [5.41, 5.74) is 0.846. The van der Waals surface area contributed by atoms with Gasteiger partial charge in [0.25, 0.3) is 0 Å². The highest BCUT2D eigenvalue weighted by molar-refractivity contribution is 5.79. The number of nitrogens with zero attached hydrogens (tertiary/aromatic N) is 1. The summed E-state index contributed by atoms with van der Waals surface area (Å²) in [6.07, 6.45) is 4.95. The van der Waals surface area contributed by atoms with Gasteiger partial charge in [-0.15, -0.1) is 0 Å². The van der Waals surface area contributed by atoms with E-state index in [1.807, 2.05) is 0 Å². The van der Waals surface area contributed by atoms with E-state index in [1.165, 1.54) is 0 Å². The largest absolute Gasteiger partial charge is 0.351 e. The molecule has 0 unspecified atom stereocenters. The average molecular weight is 195 g/mol. The van der Waals surface area contributed by atoms with Crippen molar-refractivity contribution in [3.8, 4) is 0 Å². The number of aldehydes is 1. The minimum atomic E-state index is -0.415. The second-order valence-corrected chi connectivity index (χ2v) is 3.05. The SMILES string of the molecule is C[C@H](C=O)NC(=O)CCc1c[nH]cn1. The molecule has 1 aromatic rings. The highest BCUT2D eigenvalue weighted by atomic mass is 16.2. The molecule has 1 atom stereocenters. The second-order valence-electron chi connectivity index (χ2n) is 3.05. The molecule has 0 bridgehead atoms. The van der Waals surface area contributed by atoms with Gasteiger partial charge < -0.3 is 15.1 Å². The molecule has 2 N–H and O–H groups in total. The molecule has 76 valence electrons. The Balaban J connectivity index is 2.25. The summed E-state index contributed by atoms with van der Waals surface area (Å²) in [7, 11) is 0. The number of H-pyrrole nitrogens is 1. The van der Waals surface area contributed by atoms with E-state index in [9.17, 15) is 9.59 Å². The van der Waals surface area contributed by atoms with Crippen molar-refractivity contribution in [2.24, 2.45) is 0 Å². The summed E-state index contributed by atoms with van der Waals surface area (Å²) in [5, 5.41) is 2.55. The van der Waals surface area contributed by atoms with Gasteiger partial charge in [-0.25, -0.2) is 4.98 Å². The van der Waals surface area contributed by atoms with Gasteiger partial charge >= 0.3 is 0 Å². The maximum absolute atomic E-state index is 11.2. The van der Waals surface area contributed by atoms with Crippen LogP contribution in [-0.4, -0.2) is 28.2 Å². The van der Waals surface area contributed by atoms with Gasteiger partial charge in [0.05, 0.1) is 18.1 Å². The van der Waals surface area contributed by atoms with Crippen LogP contribution in [0.3, 0.4) is 0 Å². The Morgan fingerprint density at radius 3 is 3.14 bits per heavy atom. The predicted octanol–water partition coefficient (Wildman–Crippen LogP) is 0.0459. The predicted molar refractivity (Wildman–Crippen MR) is 50.6 cm³/mol. The monoisotopic (exact) mass is 195 g/mol. The fourth-order valence-electron chi connectivity index (χ4n) is 1.03. The smallest absolute Gasteiger partial charge is 0.220 e. The van der Waals surface area contributed by atoms with Crippen LogP contribution in [0.2, 0.25) is 0 Å². The average Bonchev–Trinajstić information content (AvgIpc) is 2.67. The lowest BCUT2D eigenvalue weighted by molar-refractivity contribution is -0.123. The zero-order chi connectivity index (χ0) is 10.4. The minimum absolute atomic E-state index is 0.132. The second kappa shape index (κ2) is 5.16. The van der Waals surface area contributed by atoms with E-state index in [0.29, 0.717) is 19.1 Å². The summed E-state index contributed by atoms with van der Waals surface area (Å²) in [6, 6.07) is -0.415. The van der Waals surface area contributed by atoms with Gasteiger partial charge in [-0.2, -0.15) is 0 Å². The molecule has 0 aromatic carbocycles. The zero-order valence-corrected chi connectivity index (χ0v) is 7.99. The molecule has 0 aliphatic carbocycles. The third kappa shape index (κ3) is 3.38. The number of carbonyl (C=O) groups excluding carboxylic acids is 2. The molecule has 1 rings (SSSR count). The van der Waals surface area contributed by atoms with Crippen LogP contribution in [0.4, 0.5) is 0 Å². The maximum atomic E-state index is 11.2. The third-order valence-electron chi connectivity index (χ3n) is 1.76. The van der Waals surface area contributed by atoms with Crippen molar-refractivity contribution in [2.75, 3.05) is 0 Å². The number of amides is 1. The zero-order valence-electron chi connectivity index (χ0n) is 7.99. The molecular weight excluding hydrogens is 182 g/mol. The van der Waals surface area contributed by atoms with E-state index >= 15 is 0 Å². The lowest BCUT2D eigenvalue weighted by Gasteiger charge is -2.05. The highest BCUT2D eigenvalue weighted by Crippen LogP contribution is 1.96. The van der Waals surface area contributed by atoms with E-state index in [-0.39, 0.29) is 5.91 Å².